The number of hydrogen-bond acceptors (Lipinski definition) is 4. The summed E-state index contributed by atoms with van der Waals surface area (Å²) in [5, 5.41) is 0.419. The van der Waals surface area contributed by atoms with Crippen molar-refractivity contribution < 1.29 is 9.53 Å². The molecule has 0 unspecified atom stereocenters. The number of nitrogens with two attached hydrogens (primary N) is 2. The molecule has 0 radical (unpaired) electrons. The average molecular weight is 343 g/mol. The third kappa shape index (κ3) is 3.15. The molecule has 1 aromatic carbocycles. The fraction of sp³-hybridized carbons (Fsp3) is 0. The molecule has 0 saturated heterocycles. The first-order chi connectivity index (χ1) is 8.97. The standard InChI is InChI=1S/C12H9BrClN3O2/c13-6-1-2-8(14)10(3-6)19-11-4-7(12(16)18)9(15)5-17-11/h1-5H,15H2,(H2,16,18). The number of benzene rings is 1. The zero-order chi connectivity index (χ0) is 14.0. The third-order valence-electron chi connectivity index (χ3n) is 2.28. The van der Waals surface area contributed by atoms with E-state index in [0.717, 1.165) is 4.47 Å². The Balaban J connectivity index is 2.36. The average Bonchev–Trinajstić information content (AvgIpc) is 2.36. The van der Waals surface area contributed by atoms with Crippen LogP contribution in [0.25, 0.3) is 0 Å². The van der Waals surface area contributed by atoms with Crippen molar-refractivity contribution in [3.63, 3.8) is 0 Å². The summed E-state index contributed by atoms with van der Waals surface area (Å²) in [6, 6.07) is 6.51. The third-order valence-corrected chi connectivity index (χ3v) is 3.09. The lowest BCUT2D eigenvalue weighted by atomic mass is 10.2. The maximum Gasteiger partial charge on any atom is 0.251 e. The minimum atomic E-state index is -0.648. The fourth-order valence-electron chi connectivity index (χ4n) is 1.38. The van der Waals surface area contributed by atoms with Crippen LogP contribution in [0.3, 0.4) is 0 Å². The number of aromatic nitrogens is 1. The second-order valence-corrected chi connectivity index (χ2v) is 4.97. The number of hydrogen-bond donors (Lipinski definition) is 2. The molecule has 0 spiro atoms. The van der Waals surface area contributed by atoms with E-state index in [2.05, 4.69) is 20.9 Å². The number of rotatable bonds is 3. The molecule has 0 bridgehead atoms. The zero-order valence-electron chi connectivity index (χ0n) is 9.56. The van der Waals surface area contributed by atoms with Crippen LogP contribution in [-0.4, -0.2) is 10.9 Å². The van der Waals surface area contributed by atoms with Gasteiger partial charge in [-0.3, -0.25) is 4.79 Å². The van der Waals surface area contributed by atoms with Crippen molar-refractivity contribution in [3.8, 4) is 11.6 Å². The Morgan fingerprint density at radius 3 is 2.79 bits per heavy atom. The van der Waals surface area contributed by atoms with Crippen molar-refractivity contribution >= 4 is 39.1 Å². The molecular weight excluding hydrogens is 334 g/mol. The second-order valence-electron chi connectivity index (χ2n) is 3.65. The van der Waals surface area contributed by atoms with Gasteiger partial charge >= 0.3 is 0 Å². The van der Waals surface area contributed by atoms with E-state index in [-0.39, 0.29) is 17.1 Å². The monoisotopic (exact) mass is 341 g/mol. The molecule has 1 amide bonds. The quantitative estimate of drug-likeness (QED) is 0.897. The Morgan fingerprint density at radius 2 is 2.11 bits per heavy atom. The van der Waals surface area contributed by atoms with Gasteiger partial charge in [0.15, 0.2) is 0 Å². The number of halogens is 2. The molecule has 2 rings (SSSR count). The number of pyridine rings is 1. The van der Waals surface area contributed by atoms with Crippen LogP contribution in [0.4, 0.5) is 5.69 Å². The second kappa shape index (κ2) is 5.46. The molecule has 1 aromatic heterocycles. The maximum atomic E-state index is 11.2. The minimum Gasteiger partial charge on any atom is -0.437 e. The minimum absolute atomic E-state index is 0.149. The van der Waals surface area contributed by atoms with Gasteiger partial charge in [-0.25, -0.2) is 4.98 Å². The largest absolute Gasteiger partial charge is 0.437 e. The van der Waals surface area contributed by atoms with Gasteiger partial charge in [-0.2, -0.15) is 0 Å². The highest BCUT2D eigenvalue weighted by Gasteiger charge is 2.10. The highest BCUT2D eigenvalue weighted by atomic mass is 79.9. The number of ether oxygens (including phenoxy) is 1. The first-order valence-electron chi connectivity index (χ1n) is 5.15. The highest BCUT2D eigenvalue weighted by Crippen LogP contribution is 2.31. The Labute approximate surface area is 122 Å². The summed E-state index contributed by atoms with van der Waals surface area (Å²) in [6.07, 6.45) is 1.31. The van der Waals surface area contributed by atoms with Gasteiger partial charge in [0.2, 0.25) is 5.88 Å². The molecule has 0 aliphatic heterocycles. The number of carbonyl (C=O) groups excluding carboxylic acids is 1. The van der Waals surface area contributed by atoms with Crippen molar-refractivity contribution in [1.82, 2.24) is 4.98 Å². The van der Waals surface area contributed by atoms with Gasteiger partial charge in [0.1, 0.15) is 5.75 Å². The van der Waals surface area contributed by atoms with Gasteiger partial charge in [0, 0.05) is 10.5 Å². The van der Waals surface area contributed by atoms with E-state index in [1.54, 1.807) is 18.2 Å². The van der Waals surface area contributed by atoms with Gasteiger partial charge in [-0.05, 0) is 18.2 Å². The highest BCUT2D eigenvalue weighted by molar-refractivity contribution is 9.10. The van der Waals surface area contributed by atoms with Crippen LogP contribution in [0, 0.1) is 0 Å². The van der Waals surface area contributed by atoms with Crippen LogP contribution in [0.2, 0.25) is 5.02 Å². The number of carbonyl (C=O) groups is 1. The van der Waals surface area contributed by atoms with Gasteiger partial charge in [-0.1, -0.05) is 27.5 Å². The van der Waals surface area contributed by atoms with Crippen LogP contribution in [0.1, 0.15) is 10.4 Å². The van der Waals surface area contributed by atoms with Crippen molar-refractivity contribution in [2.45, 2.75) is 0 Å². The predicted octanol–water partition coefficient (Wildman–Crippen LogP) is 2.97. The molecule has 98 valence electrons. The number of nitrogens with zero attached hydrogens (tertiary/aromatic N) is 1. The maximum absolute atomic E-state index is 11.2. The van der Waals surface area contributed by atoms with Crippen molar-refractivity contribution in [3.05, 3.63) is 45.5 Å². The zero-order valence-corrected chi connectivity index (χ0v) is 11.9. The molecular formula is C12H9BrClN3O2. The fourth-order valence-corrected chi connectivity index (χ4v) is 1.88. The van der Waals surface area contributed by atoms with Gasteiger partial charge < -0.3 is 16.2 Å². The van der Waals surface area contributed by atoms with Crippen LogP contribution in [0.5, 0.6) is 11.6 Å². The summed E-state index contributed by atoms with van der Waals surface area (Å²) in [6.45, 7) is 0. The summed E-state index contributed by atoms with van der Waals surface area (Å²) < 4.78 is 6.30. The molecule has 7 heteroatoms. The first-order valence-corrected chi connectivity index (χ1v) is 6.32. The van der Waals surface area contributed by atoms with E-state index in [0.29, 0.717) is 10.8 Å². The molecule has 4 N–H and O–H groups in total. The number of amides is 1. The van der Waals surface area contributed by atoms with Gasteiger partial charge in [0.05, 0.1) is 22.5 Å². The Hall–Kier alpha value is -1.79. The number of primary amides is 1. The van der Waals surface area contributed by atoms with Crippen LogP contribution < -0.4 is 16.2 Å². The molecule has 0 aliphatic rings. The Kier molecular flexibility index (Phi) is 3.92. The smallest absolute Gasteiger partial charge is 0.251 e. The molecule has 0 saturated carbocycles. The van der Waals surface area contributed by atoms with E-state index in [1.165, 1.54) is 12.3 Å². The van der Waals surface area contributed by atoms with E-state index in [1.807, 2.05) is 0 Å². The van der Waals surface area contributed by atoms with Crippen molar-refractivity contribution in [2.75, 3.05) is 5.73 Å². The van der Waals surface area contributed by atoms with Crippen LogP contribution in [0.15, 0.2) is 34.9 Å². The molecule has 2 aromatic rings. The number of anilines is 1. The number of nitrogen functional groups attached to an aromatic ring is 1. The molecule has 5 nitrogen and oxygen atoms in total. The van der Waals surface area contributed by atoms with E-state index in [4.69, 9.17) is 27.8 Å². The lowest BCUT2D eigenvalue weighted by Crippen LogP contribution is -2.13. The lowest BCUT2D eigenvalue weighted by molar-refractivity contribution is 0.100. The van der Waals surface area contributed by atoms with E-state index in [9.17, 15) is 4.79 Å². The topological polar surface area (TPSA) is 91.2 Å². The molecule has 1 heterocycles. The molecule has 0 atom stereocenters. The lowest BCUT2D eigenvalue weighted by Gasteiger charge is -2.08. The van der Waals surface area contributed by atoms with E-state index < -0.39 is 5.91 Å². The summed E-state index contributed by atoms with van der Waals surface area (Å²) in [7, 11) is 0. The van der Waals surface area contributed by atoms with Crippen molar-refractivity contribution in [2.24, 2.45) is 5.73 Å². The Bertz CT molecular complexity index is 649. The summed E-state index contributed by atoms with van der Waals surface area (Å²) >= 11 is 9.30. The summed E-state index contributed by atoms with van der Waals surface area (Å²) in [5.74, 6) is -0.0585. The van der Waals surface area contributed by atoms with Crippen molar-refractivity contribution in [1.29, 1.82) is 0 Å². The summed E-state index contributed by atoms with van der Waals surface area (Å²) in [4.78, 5) is 15.1. The normalized spacial score (nSPS) is 10.2. The Morgan fingerprint density at radius 1 is 1.37 bits per heavy atom. The van der Waals surface area contributed by atoms with Crippen LogP contribution >= 0.6 is 27.5 Å². The van der Waals surface area contributed by atoms with Gasteiger partial charge in [-0.15, -0.1) is 0 Å². The van der Waals surface area contributed by atoms with Crippen LogP contribution in [-0.2, 0) is 0 Å². The molecule has 0 aliphatic carbocycles. The summed E-state index contributed by atoms with van der Waals surface area (Å²) in [5.41, 5.74) is 11.1. The SMILES string of the molecule is NC(=O)c1cc(Oc2cc(Br)ccc2Cl)ncc1N. The van der Waals surface area contributed by atoms with E-state index >= 15 is 0 Å². The predicted molar refractivity (Wildman–Crippen MR) is 76.4 cm³/mol. The first kappa shape index (κ1) is 13.6. The molecule has 19 heavy (non-hydrogen) atoms. The van der Waals surface area contributed by atoms with Gasteiger partial charge in [0.25, 0.3) is 5.91 Å². The molecule has 0 fully saturated rings.